The Morgan fingerprint density at radius 2 is 1.43 bits per heavy atom. The molecule has 5 atom stereocenters. The van der Waals surface area contributed by atoms with Crippen LogP contribution in [0.2, 0.25) is 0 Å². The van der Waals surface area contributed by atoms with Crippen LogP contribution in [0.25, 0.3) is 0 Å². The minimum Gasteiger partial charge on any atom is -0.463 e. The van der Waals surface area contributed by atoms with Gasteiger partial charge in [0.1, 0.15) is 18.5 Å². The van der Waals surface area contributed by atoms with Gasteiger partial charge in [-0.25, -0.2) is 0 Å². The number of benzene rings is 2. The average molecular weight is 784 g/mol. The molecule has 1 aliphatic heterocycles. The standard InChI is InChI=1S/C35H45NO17S/c1-7-8-16-45-17-15-36-34(41)26-11-14-28(29(18-26)53-54(42,43)52-27-12-9-25(10-13-27)19-44-6)50-35-33(49-24(5)40)32(48-23(4)39)31(47-22(3)38)30(51-35)20-46-21(2)37/h9-14,18,30-33,35H,7-8,15-17,19-20H2,1-6H3,(H,36,41)/t30-,31+,32+,33+,35?/m1/s1. The Hall–Kier alpha value is -4.98. The molecule has 3 rings (SSSR count). The van der Waals surface area contributed by atoms with Crippen molar-refractivity contribution in [3.05, 3.63) is 53.6 Å². The number of methoxy groups -OCH3 is 1. The van der Waals surface area contributed by atoms with Crippen LogP contribution < -0.4 is 18.4 Å². The quantitative estimate of drug-likeness (QED) is 0.116. The second kappa shape index (κ2) is 21.0. The van der Waals surface area contributed by atoms with Crippen molar-refractivity contribution in [3.63, 3.8) is 0 Å². The van der Waals surface area contributed by atoms with Gasteiger partial charge >= 0.3 is 34.3 Å². The van der Waals surface area contributed by atoms with Gasteiger partial charge in [-0.3, -0.25) is 24.0 Å². The summed E-state index contributed by atoms with van der Waals surface area (Å²) in [7, 11) is -3.43. The Morgan fingerprint density at radius 3 is 2.04 bits per heavy atom. The lowest BCUT2D eigenvalue weighted by Gasteiger charge is -2.43. The highest BCUT2D eigenvalue weighted by molar-refractivity contribution is 7.82. The minimum absolute atomic E-state index is 0.0634. The lowest BCUT2D eigenvalue weighted by Crippen LogP contribution is -2.63. The number of hydrogen-bond acceptors (Lipinski definition) is 17. The van der Waals surface area contributed by atoms with Crippen LogP contribution in [0.15, 0.2) is 42.5 Å². The highest BCUT2D eigenvalue weighted by Crippen LogP contribution is 2.36. The molecular formula is C35H45NO17S. The summed E-state index contributed by atoms with van der Waals surface area (Å²) >= 11 is 0. The Balaban J connectivity index is 2.03. The maximum atomic E-state index is 13.2. The fraction of sp³-hybridized carbons (Fsp3) is 0.514. The van der Waals surface area contributed by atoms with Gasteiger partial charge in [-0.1, -0.05) is 25.5 Å². The molecule has 0 spiro atoms. The molecule has 54 heavy (non-hydrogen) atoms. The molecule has 1 unspecified atom stereocenters. The molecule has 1 aliphatic rings. The zero-order valence-corrected chi connectivity index (χ0v) is 31.5. The maximum Gasteiger partial charge on any atom is 0.501 e. The predicted octanol–water partition coefficient (Wildman–Crippen LogP) is 2.54. The maximum absolute atomic E-state index is 13.2. The molecule has 1 saturated heterocycles. The van der Waals surface area contributed by atoms with E-state index in [1.165, 1.54) is 31.4 Å². The summed E-state index contributed by atoms with van der Waals surface area (Å²) in [5.41, 5.74) is 0.671. The van der Waals surface area contributed by atoms with E-state index in [4.69, 9.17) is 46.3 Å². The fourth-order valence-electron chi connectivity index (χ4n) is 4.96. The zero-order valence-electron chi connectivity index (χ0n) is 30.7. The monoisotopic (exact) mass is 783 g/mol. The van der Waals surface area contributed by atoms with Crippen molar-refractivity contribution in [2.24, 2.45) is 0 Å². The van der Waals surface area contributed by atoms with Gasteiger partial charge in [0.2, 0.25) is 12.4 Å². The molecule has 1 N–H and O–H groups in total. The van der Waals surface area contributed by atoms with Crippen LogP contribution in [0.3, 0.4) is 0 Å². The van der Waals surface area contributed by atoms with Crippen molar-refractivity contribution in [3.8, 4) is 17.2 Å². The molecule has 0 aliphatic carbocycles. The molecule has 19 heteroatoms. The molecule has 1 fully saturated rings. The van der Waals surface area contributed by atoms with Crippen LogP contribution >= 0.6 is 0 Å². The second-order valence-electron chi connectivity index (χ2n) is 11.7. The van der Waals surface area contributed by atoms with E-state index < -0.39 is 89.0 Å². The first-order chi connectivity index (χ1) is 25.6. The third-order valence-electron chi connectivity index (χ3n) is 7.20. The predicted molar refractivity (Wildman–Crippen MR) is 184 cm³/mol. The Morgan fingerprint density at radius 1 is 0.778 bits per heavy atom. The highest BCUT2D eigenvalue weighted by atomic mass is 32.3. The average Bonchev–Trinajstić information content (AvgIpc) is 3.08. The van der Waals surface area contributed by atoms with Gasteiger partial charge in [-0.15, -0.1) is 8.42 Å². The van der Waals surface area contributed by atoms with Crippen molar-refractivity contribution in [1.29, 1.82) is 0 Å². The van der Waals surface area contributed by atoms with Crippen LogP contribution in [-0.4, -0.2) is 102 Å². The summed E-state index contributed by atoms with van der Waals surface area (Å²) in [6.07, 6.45) is -6.07. The molecule has 18 nitrogen and oxygen atoms in total. The van der Waals surface area contributed by atoms with Gasteiger partial charge in [0.15, 0.2) is 23.7 Å². The molecule has 1 heterocycles. The number of carbonyl (C=O) groups excluding carboxylic acids is 5. The molecule has 1 amide bonds. The highest BCUT2D eigenvalue weighted by Gasteiger charge is 2.53. The number of ether oxygens (including phenoxy) is 8. The largest absolute Gasteiger partial charge is 0.501 e. The van der Waals surface area contributed by atoms with Crippen LogP contribution in [-0.2, 0) is 69.3 Å². The summed E-state index contributed by atoms with van der Waals surface area (Å²) in [6.45, 7) is 6.88. The smallest absolute Gasteiger partial charge is 0.463 e. The van der Waals surface area contributed by atoms with Gasteiger partial charge in [0, 0.05) is 53.5 Å². The summed E-state index contributed by atoms with van der Waals surface area (Å²) in [5.74, 6) is -5.06. The van der Waals surface area contributed by atoms with Crippen LogP contribution in [0.1, 0.15) is 63.4 Å². The van der Waals surface area contributed by atoms with E-state index in [1.807, 2.05) is 6.92 Å². The van der Waals surface area contributed by atoms with Crippen molar-refractivity contribution >= 4 is 40.2 Å². The van der Waals surface area contributed by atoms with E-state index in [9.17, 15) is 32.4 Å². The molecule has 2 aromatic carbocycles. The first-order valence-corrected chi connectivity index (χ1v) is 18.1. The third-order valence-corrected chi connectivity index (χ3v) is 7.98. The van der Waals surface area contributed by atoms with Crippen LogP contribution in [0.5, 0.6) is 17.2 Å². The SMILES string of the molecule is CCCCOCCNC(=O)c1ccc(OC2O[C@H](COC(C)=O)[C@H](OC(C)=O)[C@H](OC(C)=O)[C@@H]2OC(C)=O)c(OS(=O)(=O)Oc2ccc(COC)cc2)c1. The Labute approximate surface area is 312 Å². The number of carbonyl (C=O) groups is 5. The zero-order chi connectivity index (χ0) is 39.8. The van der Waals surface area contributed by atoms with Gasteiger partial charge in [-0.05, 0) is 42.3 Å². The number of esters is 4. The van der Waals surface area contributed by atoms with E-state index in [1.54, 1.807) is 12.1 Å². The van der Waals surface area contributed by atoms with Gasteiger partial charge < -0.3 is 51.6 Å². The summed E-state index contributed by atoms with van der Waals surface area (Å²) in [4.78, 5) is 61.4. The van der Waals surface area contributed by atoms with Crippen LogP contribution in [0, 0.1) is 0 Å². The molecule has 0 aromatic heterocycles. The minimum atomic E-state index is -4.93. The molecule has 298 valence electrons. The van der Waals surface area contributed by atoms with E-state index >= 15 is 0 Å². The number of unbranched alkanes of at least 4 members (excludes halogenated alkanes) is 1. The lowest BCUT2D eigenvalue weighted by molar-refractivity contribution is -0.288. The molecule has 0 bridgehead atoms. The molecule has 2 aromatic rings. The van der Waals surface area contributed by atoms with Gasteiger partial charge in [-0.2, -0.15) is 0 Å². The lowest BCUT2D eigenvalue weighted by atomic mass is 9.98. The van der Waals surface area contributed by atoms with E-state index in [0.29, 0.717) is 6.61 Å². The number of amides is 1. The number of rotatable bonds is 20. The Bertz CT molecular complexity index is 1700. The van der Waals surface area contributed by atoms with Crippen molar-refractivity contribution in [1.82, 2.24) is 5.32 Å². The first-order valence-electron chi connectivity index (χ1n) is 16.8. The number of nitrogens with one attached hydrogen (secondary N) is 1. The summed E-state index contributed by atoms with van der Waals surface area (Å²) in [5, 5.41) is 2.66. The van der Waals surface area contributed by atoms with Crippen molar-refractivity contribution in [2.75, 3.05) is 33.5 Å². The number of hydrogen-bond donors (Lipinski definition) is 1. The summed E-state index contributed by atoms with van der Waals surface area (Å²) < 4.78 is 80.8. The van der Waals surface area contributed by atoms with Gasteiger partial charge in [0.05, 0.1) is 13.2 Å². The normalized spacial score (nSPS) is 19.5. The van der Waals surface area contributed by atoms with Crippen molar-refractivity contribution < 1.29 is 78.7 Å². The second-order valence-corrected chi connectivity index (χ2v) is 12.9. The van der Waals surface area contributed by atoms with E-state index in [0.717, 1.165) is 52.2 Å². The van der Waals surface area contributed by atoms with Crippen LogP contribution in [0.4, 0.5) is 0 Å². The van der Waals surface area contributed by atoms with Crippen molar-refractivity contribution in [2.45, 2.75) is 84.8 Å². The fourth-order valence-corrected chi connectivity index (χ4v) is 5.69. The topological polar surface area (TPSA) is 224 Å². The van der Waals surface area contributed by atoms with Gasteiger partial charge in [0.25, 0.3) is 5.91 Å². The van der Waals surface area contributed by atoms with E-state index in [2.05, 4.69) is 5.32 Å². The Kier molecular flexibility index (Phi) is 16.9. The first kappa shape index (κ1) is 43.4. The molecule has 0 radical (unpaired) electrons. The third kappa shape index (κ3) is 14.1. The van der Waals surface area contributed by atoms with E-state index in [-0.39, 0.29) is 31.1 Å². The summed E-state index contributed by atoms with van der Waals surface area (Å²) in [6, 6.07) is 9.40. The molecular weight excluding hydrogens is 738 g/mol. The molecule has 0 saturated carbocycles.